The minimum atomic E-state index is 0.858. The number of hydrogen-bond acceptors (Lipinski definition) is 2. The fourth-order valence-corrected chi connectivity index (χ4v) is 3.67. The van der Waals surface area contributed by atoms with Gasteiger partial charge in [0.25, 0.3) is 0 Å². The Morgan fingerprint density at radius 1 is 1.20 bits per heavy atom. The summed E-state index contributed by atoms with van der Waals surface area (Å²) in [6, 6.07) is 14.3. The van der Waals surface area contributed by atoms with E-state index < -0.39 is 0 Å². The van der Waals surface area contributed by atoms with E-state index in [1.54, 1.807) is 7.11 Å². The third-order valence-electron chi connectivity index (χ3n) is 4.61. The van der Waals surface area contributed by atoms with Gasteiger partial charge in [0.2, 0.25) is 0 Å². The Hall–Kier alpha value is -2.27. The maximum atomic E-state index is 5.21. The molecule has 2 aromatic carbocycles. The first-order valence-electron chi connectivity index (χ1n) is 8.45. The van der Waals surface area contributed by atoms with Crippen LogP contribution < -0.4 is 4.74 Å². The van der Waals surface area contributed by atoms with E-state index in [0.717, 1.165) is 47.7 Å². The zero-order chi connectivity index (χ0) is 17.2. The zero-order valence-electron chi connectivity index (χ0n) is 14.1. The normalized spacial score (nSPS) is 16.1. The van der Waals surface area contributed by atoms with Crippen molar-refractivity contribution in [2.24, 2.45) is 4.99 Å². The standard InChI is InChI=1S/C20H20BrN3O/c1-25-17-7-5-16(6-8-17)23-20-3-2-10-24(20)13-14-12-22-19-9-4-15(21)11-18(14)19/h4-9,11-12,22H,2-3,10,13H2,1H3. The van der Waals surface area contributed by atoms with E-state index in [0.29, 0.717) is 0 Å². The number of rotatable bonds is 4. The van der Waals surface area contributed by atoms with E-state index in [1.165, 1.54) is 16.5 Å². The molecule has 5 heteroatoms. The number of nitrogens with zero attached hydrogens (tertiary/aromatic N) is 2. The van der Waals surface area contributed by atoms with Crippen molar-refractivity contribution in [2.75, 3.05) is 13.7 Å². The first-order valence-corrected chi connectivity index (χ1v) is 9.24. The molecule has 1 aromatic heterocycles. The number of aliphatic imine (C=N–C) groups is 1. The fraction of sp³-hybridized carbons (Fsp3) is 0.250. The lowest BCUT2D eigenvalue weighted by molar-refractivity contribution is 0.415. The number of likely N-dealkylation sites (tertiary alicyclic amines) is 1. The lowest BCUT2D eigenvalue weighted by atomic mass is 10.1. The molecule has 0 amide bonds. The molecule has 1 saturated heterocycles. The van der Waals surface area contributed by atoms with Crippen LogP contribution in [0, 0.1) is 0 Å². The topological polar surface area (TPSA) is 40.6 Å². The van der Waals surface area contributed by atoms with Gasteiger partial charge in [-0.1, -0.05) is 15.9 Å². The molecule has 0 bridgehead atoms. The summed E-state index contributed by atoms with van der Waals surface area (Å²) >= 11 is 3.57. The monoisotopic (exact) mass is 397 g/mol. The van der Waals surface area contributed by atoms with Gasteiger partial charge in [0.1, 0.15) is 11.6 Å². The van der Waals surface area contributed by atoms with Crippen LogP contribution in [0.2, 0.25) is 0 Å². The van der Waals surface area contributed by atoms with Crippen LogP contribution in [0.15, 0.2) is 58.1 Å². The lowest BCUT2D eigenvalue weighted by Gasteiger charge is -2.18. The minimum Gasteiger partial charge on any atom is -0.497 e. The maximum absolute atomic E-state index is 5.21. The highest BCUT2D eigenvalue weighted by Crippen LogP contribution is 2.27. The molecule has 1 fully saturated rings. The van der Waals surface area contributed by atoms with Gasteiger partial charge in [0.15, 0.2) is 0 Å². The van der Waals surface area contributed by atoms with Crippen LogP contribution in [0.3, 0.4) is 0 Å². The Morgan fingerprint density at radius 3 is 2.84 bits per heavy atom. The Kier molecular flexibility index (Phi) is 4.49. The van der Waals surface area contributed by atoms with Crippen molar-refractivity contribution in [1.29, 1.82) is 0 Å². The van der Waals surface area contributed by atoms with E-state index in [9.17, 15) is 0 Å². The molecule has 1 aliphatic heterocycles. The number of ether oxygens (including phenoxy) is 1. The van der Waals surface area contributed by atoms with Crippen molar-refractivity contribution in [1.82, 2.24) is 9.88 Å². The number of aromatic nitrogens is 1. The number of aromatic amines is 1. The second kappa shape index (κ2) is 6.92. The van der Waals surface area contributed by atoms with Crippen molar-refractivity contribution in [3.8, 4) is 5.75 Å². The molecule has 1 N–H and O–H groups in total. The lowest BCUT2D eigenvalue weighted by Crippen LogP contribution is -2.24. The second-order valence-electron chi connectivity index (χ2n) is 6.25. The molecule has 3 aromatic rings. The highest BCUT2D eigenvalue weighted by atomic mass is 79.9. The van der Waals surface area contributed by atoms with Crippen LogP contribution >= 0.6 is 15.9 Å². The molecule has 0 spiro atoms. The first kappa shape index (κ1) is 16.2. The number of benzene rings is 2. The van der Waals surface area contributed by atoms with Crippen molar-refractivity contribution >= 4 is 38.4 Å². The second-order valence-corrected chi connectivity index (χ2v) is 7.17. The van der Waals surface area contributed by atoms with Gasteiger partial charge >= 0.3 is 0 Å². The smallest absolute Gasteiger partial charge is 0.119 e. The predicted octanol–water partition coefficient (Wildman–Crippen LogP) is 5.27. The Labute approximate surface area is 155 Å². The van der Waals surface area contributed by atoms with Gasteiger partial charge in [-0.05, 0) is 54.4 Å². The summed E-state index contributed by atoms with van der Waals surface area (Å²) in [6.45, 7) is 1.93. The van der Waals surface area contributed by atoms with Gasteiger partial charge in [-0.2, -0.15) is 0 Å². The summed E-state index contributed by atoms with van der Waals surface area (Å²) in [5.74, 6) is 2.02. The molecular weight excluding hydrogens is 378 g/mol. The van der Waals surface area contributed by atoms with E-state index in [-0.39, 0.29) is 0 Å². The van der Waals surface area contributed by atoms with Gasteiger partial charge in [0.05, 0.1) is 12.8 Å². The Balaban J connectivity index is 1.58. The summed E-state index contributed by atoms with van der Waals surface area (Å²) in [6.07, 6.45) is 4.29. The van der Waals surface area contributed by atoms with Crippen LogP contribution in [0.25, 0.3) is 10.9 Å². The van der Waals surface area contributed by atoms with Crippen molar-refractivity contribution in [3.05, 3.63) is 58.7 Å². The summed E-state index contributed by atoms with van der Waals surface area (Å²) < 4.78 is 6.32. The van der Waals surface area contributed by atoms with Gasteiger partial charge in [0, 0.05) is 41.1 Å². The van der Waals surface area contributed by atoms with E-state index in [1.807, 2.05) is 24.3 Å². The van der Waals surface area contributed by atoms with Gasteiger partial charge in [-0.15, -0.1) is 0 Å². The van der Waals surface area contributed by atoms with Crippen LogP contribution in [-0.4, -0.2) is 29.4 Å². The largest absolute Gasteiger partial charge is 0.497 e. The van der Waals surface area contributed by atoms with E-state index in [4.69, 9.17) is 9.73 Å². The number of nitrogens with one attached hydrogen (secondary N) is 1. The highest BCUT2D eigenvalue weighted by Gasteiger charge is 2.20. The Bertz CT molecular complexity index is 914. The summed E-state index contributed by atoms with van der Waals surface area (Å²) in [5.41, 5.74) is 3.45. The number of hydrogen-bond donors (Lipinski definition) is 1. The molecule has 128 valence electrons. The van der Waals surface area contributed by atoms with E-state index in [2.05, 4.69) is 50.2 Å². The SMILES string of the molecule is COc1ccc(N=C2CCCN2Cc2c[nH]c3ccc(Br)cc23)cc1. The van der Waals surface area contributed by atoms with Crippen LogP contribution in [-0.2, 0) is 6.54 Å². The van der Waals surface area contributed by atoms with Crippen molar-refractivity contribution < 1.29 is 4.74 Å². The van der Waals surface area contributed by atoms with Crippen LogP contribution in [0.4, 0.5) is 5.69 Å². The first-order chi connectivity index (χ1) is 12.2. The fourth-order valence-electron chi connectivity index (χ4n) is 3.30. The number of fused-ring (bicyclic) bond motifs is 1. The maximum Gasteiger partial charge on any atom is 0.119 e. The number of methoxy groups -OCH3 is 1. The number of H-pyrrole nitrogens is 1. The van der Waals surface area contributed by atoms with Gasteiger partial charge < -0.3 is 14.6 Å². The molecule has 2 heterocycles. The molecule has 0 unspecified atom stereocenters. The Morgan fingerprint density at radius 2 is 2.04 bits per heavy atom. The highest BCUT2D eigenvalue weighted by molar-refractivity contribution is 9.10. The van der Waals surface area contributed by atoms with Crippen LogP contribution in [0.5, 0.6) is 5.75 Å². The summed E-state index contributed by atoms with van der Waals surface area (Å²) in [5, 5.41) is 1.27. The average Bonchev–Trinajstić information content (AvgIpc) is 3.23. The predicted molar refractivity (Wildman–Crippen MR) is 106 cm³/mol. The molecule has 1 aliphatic rings. The zero-order valence-corrected chi connectivity index (χ0v) is 15.7. The third-order valence-corrected chi connectivity index (χ3v) is 5.11. The van der Waals surface area contributed by atoms with Gasteiger partial charge in [-0.3, -0.25) is 0 Å². The quantitative estimate of drug-likeness (QED) is 0.651. The molecule has 0 atom stereocenters. The molecular formula is C20H20BrN3O. The number of amidine groups is 1. The summed E-state index contributed by atoms with van der Waals surface area (Å²) in [4.78, 5) is 10.6. The van der Waals surface area contributed by atoms with Crippen molar-refractivity contribution in [3.63, 3.8) is 0 Å². The summed E-state index contributed by atoms with van der Waals surface area (Å²) in [7, 11) is 1.68. The van der Waals surface area contributed by atoms with E-state index >= 15 is 0 Å². The average molecular weight is 398 g/mol. The third kappa shape index (κ3) is 3.42. The van der Waals surface area contributed by atoms with Crippen molar-refractivity contribution in [2.45, 2.75) is 19.4 Å². The molecule has 4 nitrogen and oxygen atoms in total. The molecule has 25 heavy (non-hydrogen) atoms. The molecule has 0 saturated carbocycles. The molecule has 4 rings (SSSR count). The van der Waals surface area contributed by atoms with Gasteiger partial charge in [-0.25, -0.2) is 4.99 Å². The molecule has 0 aliphatic carbocycles. The minimum absolute atomic E-state index is 0.858. The number of halogens is 1. The van der Waals surface area contributed by atoms with Crippen LogP contribution in [0.1, 0.15) is 18.4 Å². The molecule has 0 radical (unpaired) electrons.